The lowest BCUT2D eigenvalue weighted by molar-refractivity contribution is -0.132. The van der Waals surface area contributed by atoms with E-state index in [1.807, 2.05) is 29.2 Å². The van der Waals surface area contributed by atoms with Gasteiger partial charge in [-0.25, -0.2) is 14.8 Å². The van der Waals surface area contributed by atoms with Crippen LogP contribution in [0, 0.1) is 5.92 Å². The Morgan fingerprint density at radius 1 is 1.03 bits per heavy atom. The number of amides is 3. The number of carbonyl (C=O) groups is 2. The predicted molar refractivity (Wildman–Crippen MR) is 146 cm³/mol. The van der Waals surface area contributed by atoms with Crippen molar-refractivity contribution < 1.29 is 14.3 Å². The van der Waals surface area contributed by atoms with E-state index in [1.165, 1.54) is 31.2 Å². The smallest absolute Gasteiger partial charge is 0.318 e. The second-order valence-corrected chi connectivity index (χ2v) is 11.2. The van der Waals surface area contributed by atoms with Crippen LogP contribution in [0.5, 0.6) is 0 Å². The van der Waals surface area contributed by atoms with E-state index in [1.54, 1.807) is 7.05 Å². The maximum atomic E-state index is 13.2. The third-order valence-electron chi connectivity index (χ3n) is 8.61. The van der Waals surface area contributed by atoms with Gasteiger partial charge in [0.05, 0.1) is 24.4 Å². The average molecular weight is 519 g/mol. The van der Waals surface area contributed by atoms with E-state index in [-0.39, 0.29) is 24.1 Å². The molecular formula is C29H38N6O3. The van der Waals surface area contributed by atoms with Crippen molar-refractivity contribution in [1.82, 2.24) is 20.2 Å². The van der Waals surface area contributed by atoms with Crippen LogP contribution in [0.3, 0.4) is 0 Å². The molecule has 38 heavy (non-hydrogen) atoms. The lowest BCUT2D eigenvalue weighted by Gasteiger charge is -2.36. The topological polar surface area (TPSA) is 99.7 Å². The van der Waals surface area contributed by atoms with Gasteiger partial charge in [0.1, 0.15) is 5.82 Å². The van der Waals surface area contributed by atoms with Crippen molar-refractivity contribution in [2.24, 2.45) is 5.92 Å². The summed E-state index contributed by atoms with van der Waals surface area (Å²) in [6.45, 7) is 2.95. The number of nitrogens with one attached hydrogen (secondary N) is 2. The molecule has 6 rings (SSSR count). The number of carbonyl (C=O) groups excluding carboxylic acids is 2. The highest BCUT2D eigenvalue weighted by Crippen LogP contribution is 2.35. The molecule has 3 amide bonds. The molecule has 3 aliphatic heterocycles. The zero-order valence-corrected chi connectivity index (χ0v) is 22.2. The lowest BCUT2D eigenvalue weighted by atomic mass is 10.00. The summed E-state index contributed by atoms with van der Waals surface area (Å²) in [6.07, 6.45) is 10.3. The van der Waals surface area contributed by atoms with Crippen molar-refractivity contribution in [1.29, 1.82) is 0 Å². The first-order valence-electron chi connectivity index (χ1n) is 14.2. The van der Waals surface area contributed by atoms with Crippen molar-refractivity contribution in [2.45, 2.75) is 76.5 Å². The largest absolute Gasteiger partial charge is 0.371 e. The van der Waals surface area contributed by atoms with E-state index in [0.29, 0.717) is 30.4 Å². The van der Waals surface area contributed by atoms with Gasteiger partial charge in [0.25, 0.3) is 0 Å². The molecule has 0 radical (unpaired) electrons. The molecule has 4 heterocycles. The van der Waals surface area contributed by atoms with Crippen molar-refractivity contribution in [3.05, 3.63) is 35.5 Å². The second kappa shape index (κ2) is 10.9. The summed E-state index contributed by atoms with van der Waals surface area (Å²) in [4.78, 5) is 39.3. The van der Waals surface area contributed by atoms with E-state index in [0.717, 1.165) is 62.4 Å². The van der Waals surface area contributed by atoms with Crippen LogP contribution >= 0.6 is 0 Å². The van der Waals surface area contributed by atoms with Gasteiger partial charge in [-0.3, -0.25) is 4.79 Å². The summed E-state index contributed by atoms with van der Waals surface area (Å²) >= 11 is 0. The highest BCUT2D eigenvalue weighted by atomic mass is 16.5. The molecule has 9 nitrogen and oxygen atoms in total. The van der Waals surface area contributed by atoms with Crippen LogP contribution in [0.15, 0.2) is 24.3 Å². The van der Waals surface area contributed by atoms with Crippen LogP contribution in [-0.2, 0) is 22.5 Å². The Kier molecular flexibility index (Phi) is 7.19. The Bertz CT molecular complexity index is 1170. The van der Waals surface area contributed by atoms with E-state index in [2.05, 4.69) is 15.5 Å². The molecule has 1 aliphatic carbocycles. The average Bonchev–Trinajstić information content (AvgIpc) is 3.59. The van der Waals surface area contributed by atoms with Crippen LogP contribution < -0.4 is 15.5 Å². The number of hydrogen-bond donors (Lipinski definition) is 2. The molecular weight excluding hydrogens is 480 g/mol. The number of nitrogens with zero attached hydrogens (tertiary/aromatic N) is 4. The minimum absolute atomic E-state index is 0.248. The molecule has 2 atom stereocenters. The molecule has 2 aromatic rings. The molecule has 2 unspecified atom stereocenters. The number of fused-ring (bicyclic) bond motifs is 3. The number of anilines is 2. The van der Waals surface area contributed by atoms with E-state index in [9.17, 15) is 9.59 Å². The van der Waals surface area contributed by atoms with Crippen molar-refractivity contribution in [3.63, 3.8) is 0 Å². The van der Waals surface area contributed by atoms with Crippen LogP contribution in [-0.4, -0.2) is 65.7 Å². The van der Waals surface area contributed by atoms with Gasteiger partial charge in [0.15, 0.2) is 5.82 Å². The SMILES string of the molecule is CNC(=O)Nc1ccc(-c2nc3c(c(N4CC5CCC(C4)O5)n2)CCN(C(=O)CCC2CCCC2)C3)cc1. The summed E-state index contributed by atoms with van der Waals surface area (Å²) in [5.74, 6) is 2.62. The number of ether oxygens (including phenoxy) is 1. The molecule has 9 heteroatoms. The standard InChI is InChI=1S/C29H38N6O3/c1-30-29(37)31-21-9-7-20(8-10-21)27-32-25-18-34(26(36)13-6-19-4-2-3-5-19)15-14-24(25)28(33-27)35-16-22-11-12-23(17-35)38-22/h7-10,19,22-23H,2-6,11-18H2,1H3,(H2,30,31,37). The predicted octanol–water partition coefficient (Wildman–Crippen LogP) is 4.12. The molecule has 2 saturated heterocycles. The number of benzene rings is 1. The van der Waals surface area contributed by atoms with Gasteiger partial charge in [-0.05, 0) is 55.9 Å². The van der Waals surface area contributed by atoms with Crippen LogP contribution in [0.1, 0.15) is 62.6 Å². The van der Waals surface area contributed by atoms with E-state index >= 15 is 0 Å². The van der Waals surface area contributed by atoms with Gasteiger partial charge in [-0.2, -0.15) is 0 Å². The zero-order chi connectivity index (χ0) is 26.1. The highest BCUT2D eigenvalue weighted by Gasteiger charge is 2.36. The van der Waals surface area contributed by atoms with Crippen LogP contribution in [0.4, 0.5) is 16.3 Å². The number of morpholine rings is 1. The molecule has 0 spiro atoms. The second-order valence-electron chi connectivity index (χ2n) is 11.2. The summed E-state index contributed by atoms with van der Waals surface area (Å²) in [6, 6.07) is 7.34. The summed E-state index contributed by atoms with van der Waals surface area (Å²) in [5.41, 5.74) is 3.72. The minimum atomic E-state index is -0.260. The quantitative estimate of drug-likeness (QED) is 0.597. The van der Waals surface area contributed by atoms with Gasteiger partial charge < -0.3 is 25.2 Å². The summed E-state index contributed by atoms with van der Waals surface area (Å²) < 4.78 is 6.10. The van der Waals surface area contributed by atoms with Crippen LogP contribution in [0.2, 0.25) is 0 Å². The summed E-state index contributed by atoms with van der Waals surface area (Å²) in [5, 5.41) is 5.36. The fourth-order valence-corrected chi connectivity index (χ4v) is 6.48. The fraction of sp³-hybridized carbons (Fsp3) is 0.586. The Morgan fingerprint density at radius 3 is 2.47 bits per heavy atom. The molecule has 4 aliphatic rings. The first-order valence-corrected chi connectivity index (χ1v) is 14.2. The first-order chi connectivity index (χ1) is 18.6. The first kappa shape index (κ1) is 25.1. The maximum absolute atomic E-state index is 13.2. The molecule has 202 valence electrons. The number of urea groups is 1. The molecule has 1 aromatic heterocycles. The van der Waals surface area contributed by atoms with Gasteiger partial charge in [0, 0.05) is 49.9 Å². The van der Waals surface area contributed by atoms with Crippen molar-refractivity contribution >= 4 is 23.4 Å². The Labute approximate surface area is 224 Å². The van der Waals surface area contributed by atoms with Gasteiger partial charge in [-0.1, -0.05) is 25.7 Å². The van der Waals surface area contributed by atoms with Gasteiger partial charge in [0.2, 0.25) is 5.91 Å². The Hall–Kier alpha value is -3.20. The Morgan fingerprint density at radius 2 is 1.76 bits per heavy atom. The van der Waals surface area contributed by atoms with Gasteiger partial charge in [-0.15, -0.1) is 0 Å². The fourth-order valence-electron chi connectivity index (χ4n) is 6.48. The lowest BCUT2D eigenvalue weighted by Crippen LogP contribution is -2.44. The summed E-state index contributed by atoms with van der Waals surface area (Å²) in [7, 11) is 1.59. The van der Waals surface area contributed by atoms with E-state index < -0.39 is 0 Å². The highest BCUT2D eigenvalue weighted by molar-refractivity contribution is 5.89. The maximum Gasteiger partial charge on any atom is 0.318 e. The molecule has 1 aromatic carbocycles. The molecule has 2 N–H and O–H groups in total. The Balaban J connectivity index is 1.26. The third-order valence-corrected chi connectivity index (χ3v) is 8.61. The molecule has 3 fully saturated rings. The van der Waals surface area contributed by atoms with E-state index in [4.69, 9.17) is 14.7 Å². The normalized spacial score (nSPS) is 22.9. The van der Waals surface area contributed by atoms with Crippen molar-refractivity contribution in [3.8, 4) is 11.4 Å². The zero-order valence-electron chi connectivity index (χ0n) is 22.2. The molecule has 1 saturated carbocycles. The monoisotopic (exact) mass is 518 g/mol. The van der Waals surface area contributed by atoms with Crippen molar-refractivity contribution in [2.75, 3.05) is 36.9 Å². The minimum Gasteiger partial charge on any atom is -0.371 e. The third kappa shape index (κ3) is 5.34. The molecule has 2 bridgehead atoms. The number of aromatic nitrogens is 2. The van der Waals surface area contributed by atoms with Crippen LogP contribution in [0.25, 0.3) is 11.4 Å². The van der Waals surface area contributed by atoms with Gasteiger partial charge >= 0.3 is 6.03 Å². The number of hydrogen-bond acceptors (Lipinski definition) is 6. The number of rotatable bonds is 6.